The van der Waals surface area contributed by atoms with Crippen LogP contribution >= 0.6 is 0 Å². The van der Waals surface area contributed by atoms with Crippen molar-refractivity contribution >= 4 is 5.91 Å². The highest BCUT2D eigenvalue weighted by Crippen LogP contribution is 2.18. The molecule has 7 nitrogen and oxygen atoms in total. The first-order valence-electron chi connectivity index (χ1n) is 5.65. The van der Waals surface area contributed by atoms with Crippen molar-refractivity contribution in [3.05, 3.63) is 36.9 Å². The molecular formula is C12H14N4O3. The number of nitrogens with one attached hydrogen (secondary N) is 1. The Morgan fingerprint density at radius 2 is 1.79 bits per heavy atom. The molecule has 0 aliphatic carbocycles. The van der Waals surface area contributed by atoms with Gasteiger partial charge in [0, 0.05) is 0 Å². The summed E-state index contributed by atoms with van der Waals surface area (Å²) in [4.78, 5) is 11.8. The van der Waals surface area contributed by atoms with E-state index in [0.29, 0.717) is 5.75 Å². The summed E-state index contributed by atoms with van der Waals surface area (Å²) in [6.45, 7) is 1.66. The third-order valence-electron chi connectivity index (χ3n) is 2.40. The van der Waals surface area contributed by atoms with Crippen molar-refractivity contribution in [2.75, 3.05) is 12.5 Å². The molecular weight excluding hydrogens is 248 g/mol. The zero-order valence-corrected chi connectivity index (χ0v) is 10.6. The molecule has 2 rings (SSSR count). The molecule has 0 radical (unpaired) electrons. The van der Waals surface area contributed by atoms with Crippen LogP contribution in [0.15, 0.2) is 36.9 Å². The zero-order chi connectivity index (χ0) is 13.7. The van der Waals surface area contributed by atoms with Crippen molar-refractivity contribution in [3.63, 3.8) is 0 Å². The van der Waals surface area contributed by atoms with Gasteiger partial charge in [-0.25, -0.2) is 4.68 Å². The molecule has 100 valence electrons. The standard InChI is InChI=1S/C12H14N4O3/c1-9(12(17)15-16-7-13-14-8-16)19-11-5-3-10(18-2)4-6-11/h3-9H,1-2H3,(H,15,17). The summed E-state index contributed by atoms with van der Waals surface area (Å²) in [7, 11) is 1.59. The van der Waals surface area contributed by atoms with Crippen LogP contribution < -0.4 is 14.9 Å². The molecule has 1 atom stereocenters. The van der Waals surface area contributed by atoms with E-state index in [0.717, 1.165) is 5.75 Å². The summed E-state index contributed by atoms with van der Waals surface area (Å²) >= 11 is 0. The summed E-state index contributed by atoms with van der Waals surface area (Å²) in [6.07, 6.45) is 2.13. The van der Waals surface area contributed by atoms with Crippen molar-refractivity contribution in [2.24, 2.45) is 0 Å². The second kappa shape index (κ2) is 5.85. The largest absolute Gasteiger partial charge is 0.497 e. The number of methoxy groups -OCH3 is 1. The molecule has 0 bridgehead atoms. The fourth-order valence-electron chi connectivity index (χ4n) is 1.39. The smallest absolute Gasteiger partial charge is 0.279 e. The second-order valence-corrected chi connectivity index (χ2v) is 3.78. The van der Waals surface area contributed by atoms with Crippen LogP contribution in [0.4, 0.5) is 0 Å². The minimum absolute atomic E-state index is 0.296. The molecule has 0 aliphatic heterocycles. The number of carbonyl (C=O) groups is 1. The Balaban J connectivity index is 1.92. The quantitative estimate of drug-likeness (QED) is 0.863. The van der Waals surface area contributed by atoms with Gasteiger partial charge in [-0.05, 0) is 31.2 Å². The molecule has 1 aromatic heterocycles. The highest BCUT2D eigenvalue weighted by Gasteiger charge is 2.14. The van der Waals surface area contributed by atoms with Gasteiger partial charge in [0.1, 0.15) is 24.2 Å². The minimum Gasteiger partial charge on any atom is -0.497 e. The van der Waals surface area contributed by atoms with Crippen LogP contribution in [0.5, 0.6) is 11.5 Å². The Labute approximate surface area is 110 Å². The SMILES string of the molecule is COc1ccc(OC(C)C(=O)Nn2cnnc2)cc1. The van der Waals surface area contributed by atoms with Crippen molar-refractivity contribution in [1.82, 2.24) is 14.9 Å². The molecule has 1 unspecified atom stereocenters. The van der Waals surface area contributed by atoms with Gasteiger partial charge in [-0.15, -0.1) is 10.2 Å². The predicted octanol–water partition coefficient (Wildman–Crippen LogP) is 0.824. The van der Waals surface area contributed by atoms with Gasteiger partial charge in [-0.1, -0.05) is 0 Å². The van der Waals surface area contributed by atoms with Crippen LogP contribution in [-0.2, 0) is 4.79 Å². The van der Waals surface area contributed by atoms with E-state index >= 15 is 0 Å². The topological polar surface area (TPSA) is 78.3 Å². The monoisotopic (exact) mass is 262 g/mol. The van der Waals surface area contributed by atoms with E-state index in [1.54, 1.807) is 38.3 Å². The number of benzene rings is 1. The lowest BCUT2D eigenvalue weighted by atomic mass is 10.3. The van der Waals surface area contributed by atoms with Gasteiger partial charge in [0.2, 0.25) is 0 Å². The Kier molecular flexibility index (Phi) is 3.97. The van der Waals surface area contributed by atoms with E-state index in [-0.39, 0.29) is 5.91 Å². The number of rotatable bonds is 5. The van der Waals surface area contributed by atoms with E-state index in [1.165, 1.54) is 17.3 Å². The van der Waals surface area contributed by atoms with Crippen molar-refractivity contribution in [1.29, 1.82) is 0 Å². The van der Waals surface area contributed by atoms with Gasteiger partial charge in [-0.2, -0.15) is 0 Å². The zero-order valence-electron chi connectivity index (χ0n) is 10.6. The first-order valence-corrected chi connectivity index (χ1v) is 5.65. The van der Waals surface area contributed by atoms with Gasteiger partial charge in [0.05, 0.1) is 7.11 Å². The third kappa shape index (κ3) is 3.44. The lowest BCUT2D eigenvalue weighted by molar-refractivity contribution is -0.123. The Morgan fingerprint density at radius 3 is 2.37 bits per heavy atom. The van der Waals surface area contributed by atoms with Gasteiger partial charge in [0.25, 0.3) is 5.91 Å². The number of carbonyl (C=O) groups excluding carboxylic acids is 1. The van der Waals surface area contributed by atoms with Crippen molar-refractivity contribution in [2.45, 2.75) is 13.0 Å². The lowest BCUT2D eigenvalue weighted by Crippen LogP contribution is -2.34. The number of ether oxygens (including phenoxy) is 2. The van der Waals surface area contributed by atoms with Crippen molar-refractivity contribution < 1.29 is 14.3 Å². The molecule has 1 amide bonds. The van der Waals surface area contributed by atoms with E-state index in [1.807, 2.05) is 0 Å². The lowest BCUT2D eigenvalue weighted by Gasteiger charge is -2.14. The minimum atomic E-state index is -0.643. The molecule has 0 saturated carbocycles. The van der Waals surface area contributed by atoms with Crippen LogP contribution in [0.3, 0.4) is 0 Å². The predicted molar refractivity (Wildman–Crippen MR) is 67.5 cm³/mol. The molecule has 1 aromatic carbocycles. The van der Waals surface area contributed by atoms with Crippen LogP contribution in [0, 0.1) is 0 Å². The molecule has 19 heavy (non-hydrogen) atoms. The summed E-state index contributed by atoms with van der Waals surface area (Å²) < 4.78 is 11.9. The summed E-state index contributed by atoms with van der Waals surface area (Å²) in [5.41, 5.74) is 2.57. The average Bonchev–Trinajstić information content (AvgIpc) is 2.92. The van der Waals surface area contributed by atoms with Gasteiger partial charge >= 0.3 is 0 Å². The number of amides is 1. The molecule has 0 spiro atoms. The van der Waals surface area contributed by atoms with Crippen LogP contribution in [-0.4, -0.2) is 34.0 Å². The number of nitrogens with zero attached hydrogens (tertiary/aromatic N) is 3. The summed E-state index contributed by atoms with van der Waals surface area (Å²) in [5, 5.41) is 7.16. The first-order chi connectivity index (χ1) is 9.19. The van der Waals surface area contributed by atoms with E-state index < -0.39 is 6.10 Å². The highest BCUT2D eigenvalue weighted by molar-refractivity contribution is 5.87. The summed E-state index contributed by atoms with van der Waals surface area (Å²) in [5.74, 6) is 1.02. The first kappa shape index (κ1) is 12.9. The maximum atomic E-state index is 11.8. The number of aromatic nitrogens is 3. The molecule has 1 heterocycles. The van der Waals surface area contributed by atoms with Gasteiger partial charge in [0.15, 0.2) is 6.10 Å². The van der Waals surface area contributed by atoms with Gasteiger partial charge in [-0.3, -0.25) is 10.2 Å². The van der Waals surface area contributed by atoms with Crippen LogP contribution in [0.2, 0.25) is 0 Å². The maximum absolute atomic E-state index is 11.8. The number of hydrogen-bond donors (Lipinski definition) is 1. The molecule has 0 fully saturated rings. The van der Waals surface area contributed by atoms with E-state index in [2.05, 4.69) is 15.6 Å². The van der Waals surface area contributed by atoms with E-state index in [9.17, 15) is 4.79 Å². The normalized spacial score (nSPS) is 11.7. The maximum Gasteiger partial charge on any atom is 0.279 e. The molecule has 0 saturated heterocycles. The molecule has 7 heteroatoms. The second-order valence-electron chi connectivity index (χ2n) is 3.78. The van der Waals surface area contributed by atoms with E-state index in [4.69, 9.17) is 9.47 Å². The number of hydrogen-bond acceptors (Lipinski definition) is 5. The fraction of sp³-hybridized carbons (Fsp3) is 0.250. The van der Waals surface area contributed by atoms with Crippen LogP contribution in [0.25, 0.3) is 0 Å². The Hall–Kier alpha value is -2.57. The molecule has 2 aromatic rings. The highest BCUT2D eigenvalue weighted by atomic mass is 16.5. The summed E-state index contributed by atoms with van der Waals surface area (Å²) in [6, 6.07) is 7.00. The molecule has 0 aliphatic rings. The van der Waals surface area contributed by atoms with Crippen LogP contribution in [0.1, 0.15) is 6.92 Å². The average molecular weight is 262 g/mol. The molecule has 1 N–H and O–H groups in total. The Morgan fingerprint density at radius 1 is 1.21 bits per heavy atom. The van der Waals surface area contributed by atoms with Crippen molar-refractivity contribution in [3.8, 4) is 11.5 Å². The Bertz CT molecular complexity index is 524. The van der Waals surface area contributed by atoms with Gasteiger partial charge < -0.3 is 9.47 Å². The third-order valence-corrected chi connectivity index (χ3v) is 2.40. The fourth-order valence-corrected chi connectivity index (χ4v) is 1.39.